The molecule has 0 aliphatic carbocycles. The van der Waals surface area contributed by atoms with Crippen LogP contribution in [-0.4, -0.2) is 18.7 Å². The maximum absolute atomic E-state index is 12.3. The summed E-state index contributed by atoms with van der Waals surface area (Å²) >= 11 is 5.83. The van der Waals surface area contributed by atoms with Crippen molar-refractivity contribution in [3.8, 4) is 0 Å². The summed E-state index contributed by atoms with van der Waals surface area (Å²) in [5.74, 6) is 0.106. The molecular formula is C17H14ClNO2. The van der Waals surface area contributed by atoms with Crippen LogP contribution in [0.5, 0.6) is 0 Å². The number of amides is 1. The van der Waals surface area contributed by atoms with Crippen LogP contribution in [0, 0.1) is 0 Å². The molecule has 1 aliphatic heterocycles. The second-order valence-corrected chi connectivity index (χ2v) is 5.64. The standard InChI is InChI=1S/C17H14ClNO2/c1-19-15-7-4-12(9-13(15)10-17(19)21)16(20)8-11-2-5-14(18)6-3-11/h2-7,9H,8,10H2,1H3. The van der Waals surface area contributed by atoms with Crippen molar-refractivity contribution in [2.45, 2.75) is 12.8 Å². The number of halogens is 1. The summed E-state index contributed by atoms with van der Waals surface area (Å²) in [5.41, 5.74) is 3.39. The van der Waals surface area contributed by atoms with Crippen LogP contribution in [0.15, 0.2) is 42.5 Å². The summed E-state index contributed by atoms with van der Waals surface area (Å²) in [6.07, 6.45) is 0.702. The molecule has 3 nitrogen and oxygen atoms in total. The van der Waals surface area contributed by atoms with Gasteiger partial charge >= 0.3 is 0 Å². The fraction of sp³-hybridized carbons (Fsp3) is 0.176. The highest BCUT2D eigenvalue weighted by Crippen LogP contribution is 2.28. The van der Waals surface area contributed by atoms with E-state index in [-0.39, 0.29) is 11.7 Å². The first kappa shape index (κ1) is 13.8. The van der Waals surface area contributed by atoms with E-state index in [1.165, 1.54) is 0 Å². The van der Waals surface area contributed by atoms with E-state index < -0.39 is 0 Å². The van der Waals surface area contributed by atoms with Gasteiger partial charge in [0.25, 0.3) is 0 Å². The van der Waals surface area contributed by atoms with Gasteiger partial charge in [0.15, 0.2) is 5.78 Å². The van der Waals surface area contributed by atoms with Crippen LogP contribution in [0.1, 0.15) is 21.5 Å². The molecule has 0 saturated carbocycles. The van der Waals surface area contributed by atoms with E-state index >= 15 is 0 Å². The molecule has 2 aromatic carbocycles. The average Bonchev–Trinajstić information content (AvgIpc) is 2.76. The number of Topliss-reactive ketones (excluding diaryl/α,β-unsaturated/α-hetero) is 1. The zero-order valence-electron chi connectivity index (χ0n) is 11.6. The fourth-order valence-corrected chi connectivity index (χ4v) is 2.66. The van der Waals surface area contributed by atoms with Crippen molar-refractivity contribution < 1.29 is 9.59 Å². The second kappa shape index (κ2) is 5.34. The summed E-state index contributed by atoms with van der Waals surface area (Å²) < 4.78 is 0. The topological polar surface area (TPSA) is 37.4 Å². The van der Waals surface area contributed by atoms with E-state index in [4.69, 9.17) is 11.6 Å². The van der Waals surface area contributed by atoms with Gasteiger partial charge in [-0.1, -0.05) is 23.7 Å². The van der Waals surface area contributed by atoms with Crippen LogP contribution in [0.25, 0.3) is 0 Å². The second-order valence-electron chi connectivity index (χ2n) is 5.20. The Morgan fingerprint density at radius 1 is 1.19 bits per heavy atom. The summed E-state index contributed by atoms with van der Waals surface area (Å²) in [5, 5.41) is 0.658. The molecule has 0 radical (unpaired) electrons. The van der Waals surface area contributed by atoms with Gasteiger partial charge in [-0.2, -0.15) is 0 Å². The first-order valence-electron chi connectivity index (χ1n) is 6.72. The normalized spacial score (nSPS) is 13.4. The van der Waals surface area contributed by atoms with E-state index in [0.717, 1.165) is 16.8 Å². The zero-order chi connectivity index (χ0) is 15.0. The number of carbonyl (C=O) groups excluding carboxylic acids is 2. The molecule has 0 spiro atoms. The Morgan fingerprint density at radius 2 is 1.90 bits per heavy atom. The molecule has 0 fully saturated rings. The Kier molecular flexibility index (Phi) is 3.52. The van der Waals surface area contributed by atoms with Gasteiger partial charge in [0.2, 0.25) is 5.91 Å². The number of fused-ring (bicyclic) bond motifs is 1. The monoisotopic (exact) mass is 299 g/mol. The molecule has 1 amide bonds. The van der Waals surface area contributed by atoms with E-state index in [1.54, 1.807) is 30.1 Å². The Balaban J connectivity index is 1.81. The van der Waals surface area contributed by atoms with Crippen molar-refractivity contribution in [1.29, 1.82) is 0 Å². The highest BCUT2D eigenvalue weighted by molar-refractivity contribution is 6.30. The highest BCUT2D eigenvalue weighted by atomic mass is 35.5. The number of anilines is 1. The number of likely N-dealkylation sites (N-methyl/N-ethyl adjacent to an activating group) is 1. The molecule has 0 unspecified atom stereocenters. The Bertz CT molecular complexity index is 722. The molecule has 1 heterocycles. The Morgan fingerprint density at radius 3 is 2.62 bits per heavy atom. The SMILES string of the molecule is CN1C(=O)Cc2cc(C(=O)Cc3ccc(Cl)cc3)ccc21. The lowest BCUT2D eigenvalue weighted by Crippen LogP contribution is -2.20. The van der Waals surface area contributed by atoms with Crippen LogP contribution in [0.3, 0.4) is 0 Å². The number of hydrogen-bond donors (Lipinski definition) is 0. The first-order chi connectivity index (χ1) is 10.0. The van der Waals surface area contributed by atoms with Crippen LogP contribution in [-0.2, 0) is 17.6 Å². The van der Waals surface area contributed by atoms with Gasteiger partial charge in [-0.15, -0.1) is 0 Å². The summed E-state index contributed by atoms with van der Waals surface area (Å²) in [6, 6.07) is 12.7. The predicted molar refractivity (Wildman–Crippen MR) is 83.0 cm³/mol. The van der Waals surface area contributed by atoms with Crippen molar-refractivity contribution in [1.82, 2.24) is 0 Å². The number of benzene rings is 2. The van der Waals surface area contributed by atoms with Gasteiger partial charge in [0.05, 0.1) is 6.42 Å². The van der Waals surface area contributed by atoms with Gasteiger partial charge in [0.1, 0.15) is 0 Å². The molecule has 0 atom stereocenters. The Hall–Kier alpha value is -2.13. The number of rotatable bonds is 3. The maximum Gasteiger partial charge on any atom is 0.231 e. The van der Waals surface area contributed by atoms with Crippen LogP contribution in [0.2, 0.25) is 5.02 Å². The quantitative estimate of drug-likeness (QED) is 0.816. The minimum atomic E-state index is 0.0436. The number of carbonyl (C=O) groups is 2. The van der Waals surface area contributed by atoms with E-state index in [9.17, 15) is 9.59 Å². The molecule has 106 valence electrons. The molecule has 2 aromatic rings. The largest absolute Gasteiger partial charge is 0.315 e. The maximum atomic E-state index is 12.3. The molecule has 0 bridgehead atoms. The van der Waals surface area contributed by atoms with Crippen molar-refractivity contribution in [3.63, 3.8) is 0 Å². The van der Waals surface area contributed by atoms with Crippen molar-refractivity contribution in [2.75, 3.05) is 11.9 Å². The molecule has 0 aromatic heterocycles. The third-order valence-corrected chi connectivity index (χ3v) is 4.01. The van der Waals surface area contributed by atoms with Gasteiger partial charge in [0, 0.05) is 29.7 Å². The van der Waals surface area contributed by atoms with Crippen LogP contribution < -0.4 is 4.90 Å². The number of ketones is 1. The minimum Gasteiger partial charge on any atom is -0.315 e. The molecule has 0 saturated heterocycles. The van der Waals surface area contributed by atoms with Crippen molar-refractivity contribution >= 4 is 29.0 Å². The lowest BCUT2D eigenvalue weighted by molar-refractivity contribution is -0.117. The Labute approximate surface area is 128 Å². The molecule has 3 rings (SSSR count). The molecule has 0 N–H and O–H groups in total. The smallest absolute Gasteiger partial charge is 0.231 e. The predicted octanol–water partition coefficient (Wildman–Crippen LogP) is 3.28. The van der Waals surface area contributed by atoms with Gasteiger partial charge < -0.3 is 4.90 Å². The van der Waals surface area contributed by atoms with Crippen molar-refractivity contribution in [2.24, 2.45) is 0 Å². The van der Waals surface area contributed by atoms with Crippen LogP contribution >= 0.6 is 11.6 Å². The lowest BCUT2D eigenvalue weighted by Gasteiger charge is -2.10. The molecular weight excluding hydrogens is 286 g/mol. The fourth-order valence-electron chi connectivity index (χ4n) is 2.53. The third-order valence-electron chi connectivity index (χ3n) is 3.76. The van der Waals surface area contributed by atoms with Gasteiger partial charge in [-0.3, -0.25) is 9.59 Å². The third kappa shape index (κ3) is 2.69. The van der Waals surface area contributed by atoms with Crippen LogP contribution in [0.4, 0.5) is 5.69 Å². The number of hydrogen-bond acceptors (Lipinski definition) is 2. The summed E-state index contributed by atoms with van der Waals surface area (Å²) in [6.45, 7) is 0. The molecule has 4 heteroatoms. The molecule has 1 aliphatic rings. The van der Waals surface area contributed by atoms with Gasteiger partial charge in [-0.05, 0) is 41.5 Å². The van der Waals surface area contributed by atoms with Gasteiger partial charge in [-0.25, -0.2) is 0 Å². The lowest BCUT2D eigenvalue weighted by atomic mass is 10.0. The van der Waals surface area contributed by atoms with E-state index in [1.807, 2.05) is 24.3 Å². The first-order valence-corrected chi connectivity index (χ1v) is 7.09. The van der Waals surface area contributed by atoms with E-state index in [0.29, 0.717) is 23.4 Å². The summed E-state index contributed by atoms with van der Waals surface area (Å²) in [4.78, 5) is 25.6. The minimum absolute atomic E-state index is 0.0436. The number of nitrogens with zero attached hydrogens (tertiary/aromatic N) is 1. The average molecular weight is 300 g/mol. The zero-order valence-corrected chi connectivity index (χ0v) is 12.4. The highest BCUT2D eigenvalue weighted by Gasteiger charge is 2.24. The van der Waals surface area contributed by atoms with E-state index in [2.05, 4.69) is 0 Å². The summed E-state index contributed by atoms with van der Waals surface area (Å²) in [7, 11) is 1.75. The van der Waals surface area contributed by atoms with Crippen molar-refractivity contribution in [3.05, 3.63) is 64.2 Å². The molecule has 21 heavy (non-hydrogen) atoms.